The van der Waals surface area contributed by atoms with Gasteiger partial charge in [0.15, 0.2) is 0 Å². The third-order valence-corrected chi connectivity index (χ3v) is 4.33. The summed E-state index contributed by atoms with van der Waals surface area (Å²) >= 11 is 0. The van der Waals surface area contributed by atoms with Crippen molar-refractivity contribution >= 4 is 11.9 Å². The zero-order chi connectivity index (χ0) is 20.4. The molecule has 1 saturated heterocycles. The van der Waals surface area contributed by atoms with E-state index in [0.717, 1.165) is 12.3 Å². The van der Waals surface area contributed by atoms with Gasteiger partial charge in [-0.3, -0.25) is 14.8 Å². The standard InChI is InChI=1S/C18H15FN6O4/c19-13-1-11(3-20-5-13)17(26)24-8-16(9-24)29-10-14-7-25(23-22-14)15-2-12(18(27)28)4-21-6-15/h1-7,16H,8-10H2,(H,27,28). The molecule has 0 unspecified atom stereocenters. The topological polar surface area (TPSA) is 123 Å². The quantitative estimate of drug-likeness (QED) is 0.651. The summed E-state index contributed by atoms with van der Waals surface area (Å²) in [5.74, 6) is -1.94. The Balaban J connectivity index is 1.30. The van der Waals surface area contributed by atoms with E-state index in [1.807, 2.05) is 0 Å². The fourth-order valence-electron chi connectivity index (χ4n) is 2.78. The third kappa shape index (κ3) is 4.09. The second-order valence-corrected chi connectivity index (χ2v) is 6.43. The molecule has 1 fully saturated rings. The SMILES string of the molecule is O=C(O)c1cncc(-n2cc(COC3CN(C(=O)c4cncc(F)c4)C3)nn2)c1. The molecule has 4 heterocycles. The molecule has 0 aromatic carbocycles. The van der Waals surface area contributed by atoms with E-state index in [1.54, 1.807) is 11.1 Å². The number of hydrogen-bond acceptors (Lipinski definition) is 7. The van der Waals surface area contributed by atoms with Gasteiger partial charge in [0.25, 0.3) is 5.91 Å². The maximum atomic E-state index is 13.2. The molecule has 0 aliphatic carbocycles. The van der Waals surface area contributed by atoms with Crippen LogP contribution in [0.2, 0.25) is 0 Å². The average molecular weight is 398 g/mol. The first-order valence-electron chi connectivity index (χ1n) is 8.61. The fraction of sp³-hybridized carbons (Fsp3) is 0.222. The Kier molecular flexibility index (Phi) is 4.96. The van der Waals surface area contributed by atoms with Crippen molar-refractivity contribution in [1.29, 1.82) is 0 Å². The molecule has 10 nitrogen and oxygen atoms in total. The minimum absolute atomic E-state index is 0.0449. The van der Waals surface area contributed by atoms with Crippen molar-refractivity contribution in [2.75, 3.05) is 13.1 Å². The molecule has 0 saturated carbocycles. The number of likely N-dealkylation sites (tertiary alicyclic amines) is 1. The van der Waals surface area contributed by atoms with Gasteiger partial charge in [-0.1, -0.05) is 5.21 Å². The Morgan fingerprint density at radius 2 is 1.90 bits per heavy atom. The summed E-state index contributed by atoms with van der Waals surface area (Å²) in [6.07, 6.45) is 6.54. The van der Waals surface area contributed by atoms with Crippen LogP contribution in [0.25, 0.3) is 5.69 Å². The summed E-state index contributed by atoms with van der Waals surface area (Å²) in [5, 5.41) is 17.0. The first-order valence-corrected chi connectivity index (χ1v) is 8.61. The van der Waals surface area contributed by atoms with E-state index in [1.165, 1.54) is 29.3 Å². The molecule has 0 spiro atoms. The highest BCUT2D eigenvalue weighted by Gasteiger charge is 2.32. The Hall–Kier alpha value is -3.73. The Morgan fingerprint density at radius 1 is 1.14 bits per heavy atom. The molecule has 3 aromatic heterocycles. The minimum Gasteiger partial charge on any atom is -0.478 e. The molecule has 1 N–H and O–H groups in total. The number of aromatic carboxylic acids is 1. The summed E-state index contributed by atoms with van der Waals surface area (Å²) in [7, 11) is 0. The number of halogens is 1. The largest absolute Gasteiger partial charge is 0.478 e. The smallest absolute Gasteiger partial charge is 0.337 e. The van der Waals surface area contributed by atoms with Crippen molar-refractivity contribution < 1.29 is 23.8 Å². The van der Waals surface area contributed by atoms with Crippen LogP contribution >= 0.6 is 0 Å². The number of rotatable bonds is 6. The molecular weight excluding hydrogens is 383 g/mol. The molecule has 0 atom stereocenters. The number of carbonyl (C=O) groups excluding carboxylic acids is 1. The van der Waals surface area contributed by atoms with Gasteiger partial charge in [-0.15, -0.1) is 5.10 Å². The van der Waals surface area contributed by atoms with Crippen molar-refractivity contribution in [1.82, 2.24) is 29.9 Å². The molecule has 4 rings (SSSR count). The molecule has 1 aliphatic heterocycles. The number of hydrogen-bond donors (Lipinski definition) is 1. The van der Waals surface area contributed by atoms with Gasteiger partial charge in [-0.2, -0.15) is 0 Å². The molecule has 1 amide bonds. The van der Waals surface area contributed by atoms with Crippen LogP contribution in [0.5, 0.6) is 0 Å². The van der Waals surface area contributed by atoms with Crippen LogP contribution in [-0.2, 0) is 11.3 Å². The average Bonchev–Trinajstić information content (AvgIpc) is 3.15. The molecular formula is C18H15FN6O4. The van der Waals surface area contributed by atoms with E-state index in [2.05, 4.69) is 20.3 Å². The van der Waals surface area contributed by atoms with E-state index in [9.17, 15) is 14.0 Å². The second-order valence-electron chi connectivity index (χ2n) is 6.43. The van der Waals surface area contributed by atoms with Crippen LogP contribution in [0.15, 0.2) is 43.1 Å². The lowest BCUT2D eigenvalue weighted by Gasteiger charge is -2.38. The van der Waals surface area contributed by atoms with E-state index < -0.39 is 11.8 Å². The van der Waals surface area contributed by atoms with Gasteiger partial charge in [-0.25, -0.2) is 13.9 Å². The molecule has 0 radical (unpaired) electrons. The van der Waals surface area contributed by atoms with E-state index in [4.69, 9.17) is 9.84 Å². The normalized spacial score (nSPS) is 13.9. The molecule has 3 aromatic rings. The van der Waals surface area contributed by atoms with E-state index in [0.29, 0.717) is 24.5 Å². The Bertz CT molecular complexity index is 1070. The molecule has 1 aliphatic rings. The van der Waals surface area contributed by atoms with Crippen molar-refractivity contribution in [2.24, 2.45) is 0 Å². The predicted molar refractivity (Wildman–Crippen MR) is 94.8 cm³/mol. The third-order valence-electron chi connectivity index (χ3n) is 4.33. The van der Waals surface area contributed by atoms with Crippen LogP contribution < -0.4 is 0 Å². The molecule has 148 valence electrons. The number of pyridine rings is 2. The van der Waals surface area contributed by atoms with Crippen molar-refractivity contribution in [3.8, 4) is 5.69 Å². The highest BCUT2D eigenvalue weighted by Crippen LogP contribution is 2.17. The van der Waals surface area contributed by atoms with Gasteiger partial charge in [0.1, 0.15) is 11.5 Å². The van der Waals surface area contributed by atoms with Crippen LogP contribution in [0.3, 0.4) is 0 Å². The van der Waals surface area contributed by atoms with Crippen LogP contribution in [0.1, 0.15) is 26.4 Å². The molecule has 11 heteroatoms. The summed E-state index contributed by atoms with van der Waals surface area (Å²) in [4.78, 5) is 32.4. The number of carbonyl (C=O) groups is 2. The van der Waals surface area contributed by atoms with Gasteiger partial charge in [0.2, 0.25) is 0 Å². The van der Waals surface area contributed by atoms with Crippen LogP contribution in [0, 0.1) is 5.82 Å². The van der Waals surface area contributed by atoms with Crippen molar-refractivity contribution in [3.05, 3.63) is 65.8 Å². The van der Waals surface area contributed by atoms with Gasteiger partial charge in [0, 0.05) is 25.5 Å². The van der Waals surface area contributed by atoms with Gasteiger partial charge in [0.05, 0.1) is 48.1 Å². The highest BCUT2D eigenvalue weighted by atomic mass is 19.1. The summed E-state index contributed by atoms with van der Waals surface area (Å²) < 4.78 is 20.3. The van der Waals surface area contributed by atoms with E-state index in [-0.39, 0.29) is 29.7 Å². The molecule has 0 bridgehead atoms. The fourth-order valence-corrected chi connectivity index (χ4v) is 2.78. The Labute approximate surface area is 163 Å². The number of carboxylic acids is 1. The lowest BCUT2D eigenvalue weighted by Crippen LogP contribution is -2.54. The van der Waals surface area contributed by atoms with Crippen molar-refractivity contribution in [3.63, 3.8) is 0 Å². The van der Waals surface area contributed by atoms with E-state index >= 15 is 0 Å². The highest BCUT2D eigenvalue weighted by molar-refractivity contribution is 5.94. The van der Waals surface area contributed by atoms with Crippen LogP contribution in [0.4, 0.5) is 4.39 Å². The number of aromatic nitrogens is 5. The van der Waals surface area contributed by atoms with Crippen LogP contribution in [-0.4, -0.2) is 66.0 Å². The first kappa shape index (κ1) is 18.6. The molecule has 29 heavy (non-hydrogen) atoms. The zero-order valence-electron chi connectivity index (χ0n) is 15.0. The number of ether oxygens (including phenoxy) is 1. The maximum Gasteiger partial charge on any atom is 0.337 e. The summed E-state index contributed by atoms with van der Waals surface area (Å²) in [6, 6.07) is 2.58. The van der Waals surface area contributed by atoms with Crippen molar-refractivity contribution in [2.45, 2.75) is 12.7 Å². The summed E-state index contributed by atoms with van der Waals surface area (Å²) in [5.41, 5.74) is 1.25. The van der Waals surface area contributed by atoms with Gasteiger partial charge < -0.3 is 14.7 Å². The zero-order valence-corrected chi connectivity index (χ0v) is 15.0. The number of carboxylic acid groups (broad SMARTS) is 1. The van der Waals surface area contributed by atoms with Gasteiger partial charge >= 0.3 is 5.97 Å². The second kappa shape index (κ2) is 7.72. The first-order chi connectivity index (χ1) is 14.0. The summed E-state index contributed by atoms with van der Waals surface area (Å²) in [6.45, 7) is 0.947. The Morgan fingerprint density at radius 3 is 2.66 bits per heavy atom. The minimum atomic E-state index is -1.08. The predicted octanol–water partition coefficient (Wildman–Crippen LogP) is 0.936. The lowest BCUT2D eigenvalue weighted by atomic mass is 10.1. The monoisotopic (exact) mass is 398 g/mol. The lowest BCUT2D eigenvalue weighted by molar-refractivity contribution is -0.0512. The number of amides is 1. The maximum absolute atomic E-state index is 13.2. The van der Waals surface area contributed by atoms with Gasteiger partial charge in [-0.05, 0) is 12.1 Å². The number of nitrogens with zero attached hydrogens (tertiary/aromatic N) is 6.